The van der Waals surface area contributed by atoms with Gasteiger partial charge in [-0.3, -0.25) is 4.90 Å². The molecular formula is C15H20N4O2. The Hall–Kier alpha value is -2.11. The standard InChI is InChI=1S/C15H20N4O2/c1-9-10(2)19-13(16-8-17-19)12-7-18(6-11(9)12)14(20)21-15(3,4)5/h8H,6-7H2,1-5H3. The Bertz CT molecular complexity index is 727. The van der Waals surface area contributed by atoms with Gasteiger partial charge in [-0.1, -0.05) is 0 Å². The molecule has 0 saturated heterocycles. The van der Waals surface area contributed by atoms with E-state index in [-0.39, 0.29) is 6.09 Å². The molecule has 6 nitrogen and oxygen atoms in total. The van der Waals surface area contributed by atoms with Crippen molar-refractivity contribution in [3.63, 3.8) is 0 Å². The first-order chi connectivity index (χ1) is 9.78. The van der Waals surface area contributed by atoms with E-state index in [1.54, 1.807) is 11.2 Å². The first-order valence-electron chi connectivity index (χ1n) is 7.06. The topological polar surface area (TPSA) is 59.7 Å². The fourth-order valence-corrected chi connectivity index (χ4v) is 2.70. The first-order valence-corrected chi connectivity index (χ1v) is 7.06. The number of aryl methyl sites for hydroxylation is 1. The fourth-order valence-electron chi connectivity index (χ4n) is 2.70. The van der Waals surface area contributed by atoms with E-state index in [4.69, 9.17) is 4.74 Å². The summed E-state index contributed by atoms with van der Waals surface area (Å²) in [5, 5.41) is 4.26. The van der Waals surface area contributed by atoms with E-state index >= 15 is 0 Å². The minimum Gasteiger partial charge on any atom is -0.444 e. The van der Waals surface area contributed by atoms with Crippen LogP contribution in [-0.4, -0.2) is 31.2 Å². The second-order valence-electron chi connectivity index (χ2n) is 6.50. The van der Waals surface area contributed by atoms with E-state index in [0.29, 0.717) is 13.1 Å². The SMILES string of the molecule is Cc1c2c(c3ncnn3c1C)CN(C(=O)OC(C)(C)C)C2. The number of nitrogens with zero attached hydrogens (tertiary/aromatic N) is 4. The molecule has 0 spiro atoms. The maximum Gasteiger partial charge on any atom is 0.410 e. The van der Waals surface area contributed by atoms with Gasteiger partial charge in [0, 0.05) is 11.3 Å². The molecule has 1 amide bonds. The molecule has 21 heavy (non-hydrogen) atoms. The lowest BCUT2D eigenvalue weighted by molar-refractivity contribution is 0.0242. The molecule has 0 N–H and O–H groups in total. The molecule has 112 valence electrons. The Morgan fingerprint density at radius 3 is 2.57 bits per heavy atom. The molecule has 0 bridgehead atoms. The van der Waals surface area contributed by atoms with E-state index in [0.717, 1.165) is 22.5 Å². The summed E-state index contributed by atoms with van der Waals surface area (Å²) in [5.41, 5.74) is 4.81. The van der Waals surface area contributed by atoms with Crippen LogP contribution in [0.3, 0.4) is 0 Å². The number of pyridine rings is 1. The summed E-state index contributed by atoms with van der Waals surface area (Å²) in [6, 6.07) is 0. The van der Waals surface area contributed by atoms with E-state index in [2.05, 4.69) is 17.0 Å². The van der Waals surface area contributed by atoms with Gasteiger partial charge >= 0.3 is 6.09 Å². The van der Waals surface area contributed by atoms with Crippen molar-refractivity contribution in [2.75, 3.05) is 0 Å². The lowest BCUT2D eigenvalue weighted by atomic mass is 10.0. The fraction of sp³-hybridized carbons (Fsp3) is 0.533. The van der Waals surface area contributed by atoms with Crippen LogP contribution in [-0.2, 0) is 17.8 Å². The number of fused-ring (bicyclic) bond motifs is 3. The number of amides is 1. The molecule has 0 radical (unpaired) electrons. The normalized spacial score (nSPS) is 14.6. The zero-order chi connectivity index (χ0) is 15.4. The Kier molecular flexibility index (Phi) is 2.93. The monoisotopic (exact) mass is 288 g/mol. The van der Waals surface area contributed by atoms with E-state index in [1.165, 1.54) is 5.56 Å². The highest BCUT2D eigenvalue weighted by Crippen LogP contribution is 2.31. The molecule has 3 rings (SSSR count). The number of carbonyl (C=O) groups excluding carboxylic acids is 1. The Balaban J connectivity index is 1.98. The van der Waals surface area contributed by atoms with E-state index < -0.39 is 5.60 Å². The number of aromatic nitrogens is 3. The Morgan fingerprint density at radius 2 is 1.90 bits per heavy atom. The molecule has 3 heterocycles. The molecular weight excluding hydrogens is 268 g/mol. The van der Waals surface area contributed by atoms with Crippen LogP contribution in [0, 0.1) is 13.8 Å². The third-order valence-corrected chi connectivity index (χ3v) is 3.84. The predicted octanol–water partition coefficient (Wildman–Crippen LogP) is 2.60. The molecule has 0 fully saturated rings. The van der Waals surface area contributed by atoms with Gasteiger partial charge in [0.05, 0.1) is 13.1 Å². The van der Waals surface area contributed by atoms with Gasteiger partial charge in [0.1, 0.15) is 11.9 Å². The van der Waals surface area contributed by atoms with Gasteiger partial charge in [0.15, 0.2) is 5.65 Å². The first kappa shape index (κ1) is 13.9. The number of hydrogen-bond donors (Lipinski definition) is 0. The molecule has 1 aliphatic heterocycles. The van der Waals surface area contributed by atoms with Crippen molar-refractivity contribution < 1.29 is 9.53 Å². The van der Waals surface area contributed by atoms with Crippen molar-refractivity contribution in [2.24, 2.45) is 0 Å². The summed E-state index contributed by atoms with van der Waals surface area (Å²) in [6.07, 6.45) is 1.27. The Labute approximate surface area is 123 Å². The second kappa shape index (κ2) is 4.44. The van der Waals surface area contributed by atoms with Gasteiger partial charge in [-0.25, -0.2) is 14.3 Å². The molecule has 0 saturated carbocycles. The van der Waals surface area contributed by atoms with Crippen molar-refractivity contribution in [3.8, 4) is 0 Å². The predicted molar refractivity (Wildman–Crippen MR) is 77.9 cm³/mol. The molecule has 2 aromatic heterocycles. The van der Waals surface area contributed by atoms with Crippen LogP contribution in [0.4, 0.5) is 4.79 Å². The number of ether oxygens (including phenoxy) is 1. The van der Waals surface area contributed by atoms with Crippen molar-refractivity contribution in [3.05, 3.63) is 28.7 Å². The third kappa shape index (κ3) is 2.24. The molecule has 2 aromatic rings. The number of rotatable bonds is 0. The van der Waals surface area contributed by atoms with Crippen LogP contribution in [0.25, 0.3) is 5.65 Å². The summed E-state index contributed by atoms with van der Waals surface area (Å²) in [7, 11) is 0. The number of hydrogen-bond acceptors (Lipinski definition) is 4. The van der Waals surface area contributed by atoms with E-state index in [9.17, 15) is 4.79 Å². The Morgan fingerprint density at radius 1 is 1.24 bits per heavy atom. The minimum absolute atomic E-state index is 0.284. The van der Waals surface area contributed by atoms with Crippen LogP contribution in [0.2, 0.25) is 0 Å². The summed E-state index contributed by atoms with van der Waals surface area (Å²) in [5.74, 6) is 0. The average Bonchev–Trinajstić information content (AvgIpc) is 2.99. The van der Waals surface area contributed by atoms with Crippen LogP contribution >= 0.6 is 0 Å². The lowest BCUT2D eigenvalue weighted by Crippen LogP contribution is -2.33. The zero-order valence-electron chi connectivity index (χ0n) is 13.1. The van der Waals surface area contributed by atoms with Crippen LogP contribution in [0.5, 0.6) is 0 Å². The highest BCUT2D eigenvalue weighted by atomic mass is 16.6. The largest absolute Gasteiger partial charge is 0.444 e. The van der Waals surface area contributed by atoms with Gasteiger partial charge in [-0.15, -0.1) is 0 Å². The summed E-state index contributed by atoms with van der Waals surface area (Å²) >= 11 is 0. The average molecular weight is 288 g/mol. The van der Waals surface area contributed by atoms with Crippen molar-refractivity contribution in [1.29, 1.82) is 0 Å². The molecule has 0 atom stereocenters. The molecule has 0 aromatic carbocycles. The minimum atomic E-state index is -0.485. The third-order valence-electron chi connectivity index (χ3n) is 3.84. The molecule has 0 unspecified atom stereocenters. The summed E-state index contributed by atoms with van der Waals surface area (Å²) in [6.45, 7) is 10.8. The second-order valence-corrected chi connectivity index (χ2v) is 6.50. The van der Waals surface area contributed by atoms with Gasteiger partial charge < -0.3 is 4.74 Å². The highest BCUT2D eigenvalue weighted by molar-refractivity contribution is 5.71. The molecule has 6 heteroatoms. The smallest absolute Gasteiger partial charge is 0.410 e. The van der Waals surface area contributed by atoms with Crippen molar-refractivity contribution in [1.82, 2.24) is 19.5 Å². The number of carbonyl (C=O) groups is 1. The maximum absolute atomic E-state index is 12.3. The summed E-state index contributed by atoms with van der Waals surface area (Å²) in [4.78, 5) is 18.3. The summed E-state index contributed by atoms with van der Waals surface area (Å²) < 4.78 is 7.30. The highest BCUT2D eigenvalue weighted by Gasteiger charge is 2.31. The molecule has 1 aliphatic rings. The van der Waals surface area contributed by atoms with Crippen LogP contribution in [0.15, 0.2) is 6.33 Å². The van der Waals surface area contributed by atoms with Crippen LogP contribution < -0.4 is 0 Å². The van der Waals surface area contributed by atoms with Crippen molar-refractivity contribution >= 4 is 11.7 Å². The zero-order valence-corrected chi connectivity index (χ0v) is 13.1. The quantitative estimate of drug-likeness (QED) is 0.747. The lowest BCUT2D eigenvalue weighted by Gasteiger charge is -2.24. The van der Waals surface area contributed by atoms with Gasteiger partial charge in [0.25, 0.3) is 0 Å². The maximum atomic E-state index is 12.3. The van der Waals surface area contributed by atoms with E-state index in [1.807, 2.05) is 32.2 Å². The molecule has 0 aliphatic carbocycles. The van der Waals surface area contributed by atoms with Crippen molar-refractivity contribution in [2.45, 2.75) is 53.3 Å². The van der Waals surface area contributed by atoms with Gasteiger partial charge in [0.2, 0.25) is 0 Å². The van der Waals surface area contributed by atoms with Gasteiger partial charge in [-0.2, -0.15) is 5.10 Å². The van der Waals surface area contributed by atoms with Crippen LogP contribution in [0.1, 0.15) is 43.2 Å². The van der Waals surface area contributed by atoms with Gasteiger partial charge in [-0.05, 0) is 45.7 Å².